The van der Waals surface area contributed by atoms with E-state index in [1.54, 1.807) is 4.90 Å². The zero-order valence-electron chi connectivity index (χ0n) is 14.8. The van der Waals surface area contributed by atoms with E-state index in [9.17, 15) is 9.59 Å². The van der Waals surface area contributed by atoms with E-state index in [-0.39, 0.29) is 18.4 Å². The Kier molecular flexibility index (Phi) is 4.82. The smallest absolute Gasteiger partial charge is 0.265 e. The van der Waals surface area contributed by atoms with Crippen molar-refractivity contribution in [2.75, 3.05) is 44.4 Å². The van der Waals surface area contributed by atoms with Gasteiger partial charge < -0.3 is 24.0 Å². The van der Waals surface area contributed by atoms with Crippen LogP contribution in [-0.2, 0) is 19.1 Å². The molecule has 0 aromatic heterocycles. The van der Waals surface area contributed by atoms with Gasteiger partial charge >= 0.3 is 0 Å². The Hall–Kier alpha value is -2.12. The second-order valence-corrected chi connectivity index (χ2v) is 6.89. The topological polar surface area (TPSA) is 68.3 Å². The van der Waals surface area contributed by atoms with Crippen molar-refractivity contribution in [1.82, 2.24) is 4.90 Å². The third-order valence-corrected chi connectivity index (χ3v) is 5.27. The molecule has 26 heavy (non-hydrogen) atoms. The minimum Gasteiger partial charge on any atom is -0.482 e. The fourth-order valence-electron chi connectivity index (χ4n) is 3.83. The number of carbonyl (C=O) groups is 2. The predicted molar refractivity (Wildman–Crippen MR) is 94.0 cm³/mol. The lowest BCUT2D eigenvalue weighted by Crippen LogP contribution is -2.47. The summed E-state index contributed by atoms with van der Waals surface area (Å²) in [6, 6.07) is 7.50. The first-order valence-corrected chi connectivity index (χ1v) is 9.25. The van der Waals surface area contributed by atoms with E-state index < -0.39 is 5.79 Å². The maximum absolute atomic E-state index is 12.5. The van der Waals surface area contributed by atoms with E-state index in [1.807, 2.05) is 29.2 Å². The maximum Gasteiger partial charge on any atom is 0.265 e. The lowest BCUT2D eigenvalue weighted by atomic mass is 10.0. The molecule has 1 spiro atoms. The minimum atomic E-state index is -0.458. The maximum atomic E-state index is 12.5. The van der Waals surface area contributed by atoms with Crippen LogP contribution in [0.5, 0.6) is 5.75 Å². The summed E-state index contributed by atoms with van der Waals surface area (Å²) in [5.41, 5.74) is 0.784. The second kappa shape index (κ2) is 7.25. The molecule has 0 bridgehead atoms. The summed E-state index contributed by atoms with van der Waals surface area (Å²) in [6.07, 6.45) is 2.52. The first-order valence-electron chi connectivity index (χ1n) is 9.25. The molecule has 3 aliphatic heterocycles. The van der Waals surface area contributed by atoms with E-state index in [0.29, 0.717) is 45.7 Å². The molecular weight excluding hydrogens is 336 g/mol. The van der Waals surface area contributed by atoms with Crippen molar-refractivity contribution in [1.29, 1.82) is 0 Å². The van der Waals surface area contributed by atoms with Crippen LogP contribution < -0.4 is 9.64 Å². The monoisotopic (exact) mass is 360 g/mol. The van der Waals surface area contributed by atoms with Crippen LogP contribution in [0.1, 0.15) is 25.7 Å². The zero-order chi connectivity index (χ0) is 18.0. The van der Waals surface area contributed by atoms with Gasteiger partial charge in [0, 0.05) is 38.9 Å². The third-order valence-electron chi connectivity index (χ3n) is 5.27. The van der Waals surface area contributed by atoms with Crippen molar-refractivity contribution in [2.24, 2.45) is 0 Å². The van der Waals surface area contributed by atoms with Gasteiger partial charge in [-0.1, -0.05) is 12.1 Å². The number of nitrogens with zero attached hydrogens (tertiary/aromatic N) is 2. The van der Waals surface area contributed by atoms with Gasteiger partial charge in [0.15, 0.2) is 12.4 Å². The molecule has 3 heterocycles. The number of ether oxygens (including phenoxy) is 3. The van der Waals surface area contributed by atoms with Gasteiger partial charge in [0.1, 0.15) is 5.75 Å². The largest absolute Gasteiger partial charge is 0.482 e. The molecule has 0 aliphatic carbocycles. The Balaban J connectivity index is 1.27. The number of likely N-dealkylation sites (tertiary alicyclic amines) is 1. The molecule has 1 aromatic carbocycles. The number of fused-ring (bicyclic) bond motifs is 1. The van der Waals surface area contributed by atoms with Crippen molar-refractivity contribution < 1.29 is 23.8 Å². The molecule has 2 saturated heterocycles. The molecule has 0 radical (unpaired) electrons. The van der Waals surface area contributed by atoms with Crippen LogP contribution >= 0.6 is 0 Å². The fourth-order valence-corrected chi connectivity index (χ4v) is 3.83. The van der Waals surface area contributed by atoms with E-state index >= 15 is 0 Å². The van der Waals surface area contributed by atoms with E-state index in [2.05, 4.69) is 0 Å². The van der Waals surface area contributed by atoms with Crippen molar-refractivity contribution >= 4 is 17.5 Å². The van der Waals surface area contributed by atoms with Crippen LogP contribution in [0.3, 0.4) is 0 Å². The number of para-hydroxylation sites is 2. The van der Waals surface area contributed by atoms with Crippen molar-refractivity contribution in [3.05, 3.63) is 24.3 Å². The molecule has 0 atom stereocenters. The van der Waals surface area contributed by atoms with Gasteiger partial charge in [-0.15, -0.1) is 0 Å². The average Bonchev–Trinajstić information content (AvgIpc) is 3.12. The van der Waals surface area contributed by atoms with Crippen molar-refractivity contribution in [2.45, 2.75) is 31.5 Å². The summed E-state index contributed by atoms with van der Waals surface area (Å²) in [5, 5.41) is 0. The molecule has 140 valence electrons. The van der Waals surface area contributed by atoms with Crippen LogP contribution in [-0.4, -0.2) is 62.0 Å². The molecule has 0 N–H and O–H groups in total. The number of amides is 2. The molecule has 2 fully saturated rings. The Labute approximate surface area is 152 Å². The number of rotatable bonds is 4. The number of carbonyl (C=O) groups excluding carboxylic acids is 2. The van der Waals surface area contributed by atoms with Gasteiger partial charge in [0.2, 0.25) is 5.91 Å². The number of hydrogen-bond acceptors (Lipinski definition) is 5. The highest BCUT2D eigenvalue weighted by atomic mass is 16.7. The highest BCUT2D eigenvalue weighted by molar-refractivity contribution is 5.97. The first kappa shape index (κ1) is 17.3. The Morgan fingerprint density at radius 1 is 1.12 bits per heavy atom. The summed E-state index contributed by atoms with van der Waals surface area (Å²) in [7, 11) is 0. The quantitative estimate of drug-likeness (QED) is 0.815. The lowest BCUT2D eigenvalue weighted by Gasteiger charge is -2.37. The lowest BCUT2D eigenvalue weighted by molar-refractivity contribution is -0.187. The predicted octanol–water partition coefficient (Wildman–Crippen LogP) is 1.56. The van der Waals surface area contributed by atoms with E-state index in [4.69, 9.17) is 14.2 Å². The Bertz CT molecular complexity index is 676. The fraction of sp³-hybridized carbons (Fsp3) is 0.579. The summed E-state index contributed by atoms with van der Waals surface area (Å²) in [5.74, 6) is 0.329. The molecular formula is C19H24N2O5. The van der Waals surface area contributed by atoms with Gasteiger partial charge in [-0.05, 0) is 18.6 Å². The minimum absolute atomic E-state index is 0.0547. The van der Waals surface area contributed by atoms with Crippen molar-refractivity contribution in [3.63, 3.8) is 0 Å². The molecule has 1 aromatic rings. The molecule has 2 amide bonds. The highest BCUT2D eigenvalue weighted by Crippen LogP contribution is 2.33. The normalized spacial score (nSPS) is 21.6. The van der Waals surface area contributed by atoms with Gasteiger partial charge in [-0.3, -0.25) is 9.59 Å². The summed E-state index contributed by atoms with van der Waals surface area (Å²) >= 11 is 0. The molecule has 3 aliphatic rings. The summed E-state index contributed by atoms with van der Waals surface area (Å²) < 4.78 is 16.8. The number of benzene rings is 1. The van der Waals surface area contributed by atoms with Crippen LogP contribution in [0.4, 0.5) is 5.69 Å². The summed E-state index contributed by atoms with van der Waals surface area (Å²) in [4.78, 5) is 28.2. The Morgan fingerprint density at radius 2 is 1.85 bits per heavy atom. The van der Waals surface area contributed by atoms with Gasteiger partial charge in [0.05, 0.1) is 18.9 Å². The molecule has 0 unspecified atom stereocenters. The Morgan fingerprint density at radius 3 is 2.62 bits per heavy atom. The third kappa shape index (κ3) is 3.41. The number of piperidine rings is 1. The molecule has 7 nitrogen and oxygen atoms in total. The standard InChI is InChI=1S/C19H24N2O5/c22-17(20-10-7-19(8-11-20)25-12-13-26-19)6-3-9-21-15-4-1-2-5-16(15)24-14-18(21)23/h1-2,4-5H,3,6-14H2. The number of hydrogen-bond donors (Lipinski definition) is 0. The average molecular weight is 360 g/mol. The van der Waals surface area contributed by atoms with Crippen LogP contribution in [0, 0.1) is 0 Å². The summed E-state index contributed by atoms with van der Waals surface area (Å²) in [6.45, 7) is 3.19. The number of anilines is 1. The van der Waals surface area contributed by atoms with Crippen LogP contribution in [0.15, 0.2) is 24.3 Å². The molecule has 7 heteroatoms. The van der Waals surface area contributed by atoms with Gasteiger partial charge in [-0.25, -0.2) is 0 Å². The zero-order valence-corrected chi connectivity index (χ0v) is 14.8. The highest BCUT2D eigenvalue weighted by Gasteiger charge is 2.40. The molecule has 4 rings (SSSR count). The molecule has 0 saturated carbocycles. The van der Waals surface area contributed by atoms with Crippen LogP contribution in [0.25, 0.3) is 0 Å². The van der Waals surface area contributed by atoms with Crippen LogP contribution in [0.2, 0.25) is 0 Å². The van der Waals surface area contributed by atoms with E-state index in [1.165, 1.54) is 0 Å². The van der Waals surface area contributed by atoms with Gasteiger partial charge in [-0.2, -0.15) is 0 Å². The van der Waals surface area contributed by atoms with E-state index in [0.717, 1.165) is 24.3 Å². The first-order chi connectivity index (χ1) is 12.7. The van der Waals surface area contributed by atoms with Crippen molar-refractivity contribution in [3.8, 4) is 5.75 Å². The van der Waals surface area contributed by atoms with Gasteiger partial charge in [0.25, 0.3) is 5.91 Å². The second-order valence-electron chi connectivity index (χ2n) is 6.89. The SMILES string of the molecule is O=C(CCCN1C(=O)COc2ccccc21)N1CCC2(CC1)OCCO2.